The number of nitrogens with one attached hydrogen (secondary N) is 1. The van der Waals surface area contributed by atoms with E-state index in [1.807, 2.05) is 20.8 Å². The number of hydrogen-bond acceptors (Lipinski definition) is 5. The van der Waals surface area contributed by atoms with Gasteiger partial charge in [-0.1, -0.05) is 0 Å². The molecule has 17 heavy (non-hydrogen) atoms. The van der Waals surface area contributed by atoms with Gasteiger partial charge in [-0.3, -0.25) is 9.59 Å². The summed E-state index contributed by atoms with van der Waals surface area (Å²) >= 11 is 0. The molecule has 0 rings (SSSR count). The van der Waals surface area contributed by atoms with E-state index in [2.05, 4.69) is 10.1 Å². The van der Waals surface area contributed by atoms with Crippen LogP contribution >= 0.6 is 0 Å². The highest BCUT2D eigenvalue weighted by Gasteiger charge is 2.20. The Morgan fingerprint density at radius 1 is 1.24 bits per heavy atom. The van der Waals surface area contributed by atoms with Crippen molar-refractivity contribution < 1.29 is 19.1 Å². The molecule has 0 amide bonds. The third kappa shape index (κ3) is 8.68. The molecule has 1 atom stereocenters. The summed E-state index contributed by atoms with van der Waals surface area (Å²) in [5.41, 5.74) is -0.474. The van der Waals surface area contributed by atoms with Gasteiger partial charge in [0.15, 0.2) is 0 Å². The Morgan fingerprint density at radius 3 is 2.24 bits per heavy atom. The van der Waals surface area contributed by atoms with Crippen LogP contribution < -0.4 is 5.32 Å². The van der Waals surface area contributed by atoms with E-state index in [4.69, 9.17) is 4.74 Å². The normalized spacial score (nSPS) is 13.0. The molecule has 0 aliphatic rings. The molecule has 0 aliphatic carbocycles. The number of hydrogen-bond donors (Lipinski definition) is 1. The third-order valence-corrected chi connectivity index (χ3v) is 2.17. The first-order valence-electron chi connectivity index (χ1n) is 5.74. The SMILES string of the molecule is CNC(CCC(=O)OC)CC(=O)OC(C)(C)C. The zero-order valence-corrected chi connectivity index (χ0v) is 11.3. The van der Waals surface area contributed by atoms with Gasteiger partial charge in [-0.15, -0.1) is 0 Å². The van der Waals surface area contributed by atoms with Crippen LogP contribution in [0.5, 0.6) is 0 Å². The largest absolute Gasteiger partial charge is 0.469 e. The summed E-state index contributed by atoms with van der Waals surface area (Å²) in [5.74, 6) is -0.531. The number of ether oxygens (including phenoxy) is 2. The van der Waals surface area contributed by atoms with Gasteiger partial charge in [0.2, 0.25) is 0 Å². The highest BCUT2D eigenvalue weighted by atomic mass is 16.6. The molecule has 100 valence electrons. The molecule has 0 saturated carbocycles. The van der Waals surface area contributed by atoms with Crippen molar-refractivity contribution >= 4 is 11.9 Å². The molecule has 0 fully saturated rings. The van der Waals surface area contributed by atoms with Gasteiger partial charge < -0.3 is 14.8 Å². The van der Waals surface area contributed by atoms with Gasteiger partial charge in [0.25, 0.3) is 0 Å². The fourth-order valence-electron chi connectivity index (χ4n) is 1.33. The number of rotatable bonds is 6. The summed E-state index contributed by atoms with van der Waals surface area (Å²) < 4.78 is 9.76. The highest BCUT2D eigenvalue weighted by molar-refractivity contribution is 5.71. The van der Waals surface area contributed by atoms with Crippen molar-refractivity contribution in [3.8, 4) is 0 Å². The van der Waals surface area contributed by atoms with E-state index in [-0.39, 0.29) is 24.4 Å². The Morgan fingerprint density at radius 2 is 1.82 bits per heavy atom. The molecule has 5 heteroatoms. The van der Waals surface area contributed by atoms with E-state index < -0.39 is 5.60 Å². The fourth-order valence-corrected chi connectivity index (χ4v) is 1.33. The topological polar surface area (TPSA) is 64.6 Å². The Bertz CT molecular complexity index is 258. The number of carbonyl (C=O) groups excluding carboxylic acids is 2. The Labute approximate surface area is 103 Å². The van der Waals surface area contributed by atoms with E-state index in [9.17, 15) is 9.59 Å². The number of methoxy groups -OCH3 is 1. The Balaban J connectivity index is 4.04. The highest BCUT2D eigenvalue weighted by Crippen LogP contribution is 2.11. The quantitative estimate of drug-likeness (QED) is 0.714. The fraction of sp³-hybridized carbons (Fsp3) is 0.833. The Kier molecular flexibility index (Phi) is 6.80. The van der Waals surface area contributed by atoms with Gasteiger partial charge in [-0.2, -0.15) is 0 Å². The molecule has 5 nitrogen and oxygen atoms in total. The average Bonchev–Trinajstić information content (AvgIpc) is 2.20. The summed E-state index contributed by atoms with van der Waals surface area (Å²) in [6, 6.07) is -0.0658. The van der Waals surface area contributed by atoms with Crippen LogP contribution in [0.2, 0.25) is 0 Å². The third-order valence-electron chi connectivity index (χ3n) is 2.17. The standard InChI is InChI=1S/C12H23NO4/c1-12(2,3)17-11(15)8-9(13-4)6-7-10(14)16-5/h9,13H,6-8H2,1-5H3. The number of carbonyl (C=O) groups is 2. The molecular formula is C12H23NO4. The molecule has 0 saturated heterocycles. The van der Waals surface area contributed by atoms with Crippen LogP contribution in [0.25, 0.3) is 0 Å². The summed E-state index contributed by atoms with van der Waals surface area (Å²) in [6.07, 6.45) is 1.11. The second-order valence-electron chi connectivity index (χ2n) is 4.89. The summed E-state index contributed by atoms with van der Waals surface area (Å²) in [4.78, 5) is 22.5. The molecule has 1 N–H and O–H groups in total. The summed E-state index contributed by atoms with van der Waals surface area (Å²) in [7, 11) is 3.11. The van der Waals surface area contributed by atoms with Crippen molar-refractivity contribution in [3.05, 3.63) is 0 Å². The summed E-state index contributed by atoms with van der Waals surface area (Å²) in [5, 5.41) is 2.99. The minimum atomic E-state index is -0.474. The predicted octanol–water partition coefficient (Wildman–Crippen LogP) is 1.26. The van der Waals surface area contributed by atoms with Gasteiger partial charge >= 0.3 is 11.9 Å². The van der Waals surface area contributed by atoms with Crippen molar-refractivity contribution in [1.82, 2.24) is 5.32 Å². The van der Waals surface area contributed by atoms with Gasteiger partial charge in [0, 0.05) is 12.5 Å². The monoisotopic (exact) mass is 245 g/mol. The van der Waals surface area contributed by atoms with Crippen LogP contribution in [0.4, 0.5) is 0 Å². The van der Waals surface area contributed by atoms with Crippen molar-refractivity contribution in [1.29, 1.82) is 0 Å². The Hall–Kier alpha value is -1.10. The lowest BCUT2D eigenvalue weighted by Gasteiger charge is -2.22. The minimum absolute atomic E-state index is 0.0658. The maximum absolute atomic E-state index is 11.6. The van der Waals surface area contributed by atoms with Crippen molar-refractivity contribution in [2.24, 2.45) is 0 Å². The second kappa shape index (κ2) is 7.27. The van der Waals surface area contributed by atoms with E-state index in [1.54, 1.807) is 7.05 Å². The molecule has 0 radical (unpaired) electrons. The first-order chi connectivity index (χ1) is 7.78. The van der Waals surface area contributed by atoms with Gasteiger partial charge in [0.1, 0.15) is 5.60 Å². The molecule has 0 aromatic heterocycles. The van der Waals surface area contributed by atoms with Crippen LogP contribution in [0.3, 0.4) is 0 Å². The van der Waals surface area contributed by atoms with Crippen LogP contribution in [-0.2, 0) is 19.1 Å². The average molecular weight is 245 g/mol. The van der Waals surface area contributed by atoms with E-state index >= 15 is 0 Å². The van der Waals surface area contributed by atoms with Crippen LogP contribution in [0.1, 0.15) is 40.0 Å². The lowest BCUT2D eigenvalue weighted by molar-refractivity contribution is -0.155. The number of esters is 2. The van der Waals surface area contributed by atoms with E-state index in [0.29, 0.717) is 12.8 Å². The maximum atomic E-state index is 11.6. The lowest BCUT2D eigenvalue weighted by atomic mass is 10.1. The first-order valence-corrected chi connectivity index (χ1v) is 5.74. The zero-order chi connectivity index (χ0) is 13.5. The van der Waals surface area contributed by atoms with E-state index in [0.717, 1.165) is 0 Å². The molecule has 0 heterocycles. The van der Waals surface area contributed by atoms with Gasteiger partial charge in [-0.05, 0) is 34.2 Å². The first kappa shape index (κ1) is 15.9. The molecule has 0 aromatic carbocycles. The lowest BCUT2D eigenvalue weighted by Crippen LogP contribution is -2.32. The van der Waals surface area contributed by atoms with Crippen molar-refractivity contribution in [3.63, 3.8) is 0 Å². The second-order valence-corrected chi connectivity index (χ2v) is 4.89. The molecular weight excluding hydrogens is 222 g/mol. The zero-order valence-electron chi connectivity index (χ0n) is 11.3. The smallest absolute Gasteiger partial charge is 0.307 e. The van der Waals surface area contributed by atoms with E-state index in [1.165, 1.54) is 7.11 Å². The molecule has 0 aromatic rings. The minimum Gasteiger partial charge on any atom is -0.469 e. The van der Waals surface area contributed by atoms with Gasteiger partial charge in [0.05, 0.1) is 13.5 Å². The van der Waals surface area contributed by atoms with Crippen LogP contribution in [0.15, 0.2) is 0 Å². The maximum Gasteiger partial charge on any atom is 0.307 e. The van der Waals surface area contributed by atoms with Crippen molar-refractivity contribution in [2.75, 3.05) is 14.2 Å². The van der Waals surface area contributed by atoms with Crippen LogP contribution in [-0.4, -0.2) is 37.7 Å². The molecule has 0 spiro atoms. The van der Waals surface area contributed by atoms with Crippen molar-refractivity contribution in [2.45, 2.75) is 51.7 Å². The predicted molar refractivity (Wildman–Crippen MR) is 64.6 cm³/mol. The summed E-state index contributed by atoms with van der Waals surface area (Å²) in [6.45, 7) is 5.48. The van der Waals surface area contributed by atoms with Crippen LogP contribution in [0, 0.1) is 0 Å². The van der Waals surface area contributed by atoms with Gasteiger partial charge in [-0.25, -0.2) is 0 Å². The molecule has 1 unspecified atom stereocenters. The molecule has 0 bridgehead atoms. The molecule has 0 aliphatic heterocycles.